The van der Waals surface area contributed by atoms with Gasteiger partial charge in [0.25, 0.3) is 5.56 Å². The summed E-state index contributed by atoms with van der Waals surface area (Å²) in [6.45, 7) is 4.82. The molecule has 9 nitrogen and oxygen atoms in total. The summed E-state index contributed by atoms with van der Waals surface area (Å²) in [6.07, 6.45) is 0. The Morgan fingerprint density at radius 3 is 2.50 bits per heavy atom. The number of hydrogen-bond donors (Lipinski definition) is 0. The number of hydrogen-bond acceptors (Lipinski definition) is 5. The van der Waals surface area contributed by atoms with Gasteiger partial charge in [-0.2, -0.15) is 4.98 Å². The van der Waals surface area contributed by atoms with Crippen LogP contribution in [-0.4, -0.2) is 36.0 Å². The molecule has 0 aliphatic heterocycles. The largest absolute Gasteiger partial charge is 0.495 e. The quantitative estimate of drug-likeness (QED) is 0.494. The van der Waals surface area contributed by atoms with E-state index >= 15 is 0 Å². The number of halogens is 1. The van der Waals surface area contributed by atoms with E-state index in [1.165, 1.54) is 25.6 Å². The minimum absolute atomic E-state index is 0.243. The maximum atomic E-state index is 13.1. The van der Waals surface area contributed by atoms with Crippen LogP contribution in [-0.2, 0) is 18.4 Å². The monoisotopic (exact) mass is 429 g/mol. The van der Waals surface area contributed by atoms with Crippen LogP contribution in [0.15, 0.2) is 27.8 Å². The van der Waals surface area contributed by atoms with Gasteiger partial charge in [-0.05, 0) is 39.0 Å². The van der Waals surface area contributed by atoms with Crippen LogP contribution in [0.3, 0.4) is 0 Å². The van der Waals surface area contributed by atoms with E-state index in [1.807, 2.05) is 24.5 Å². The Bertz CT molecular complexity index is 1470. The molecule has 4 rings (SSSR count). The number of carbonyl (C=O) groups excluding carboxylic acids is 1. The molecule has 0 fully saturated rings. The number of Topliss-reactive ketones (excluding diaryl/α,β-unsaturated/α-hetero) is 1. The highest BCUT2D eigenvalue weighted by Gasteiger charge is 2.23. The molecule has 0 spiro atoms. The number of ketones is 1. The summed E-state index contributed by atoms with van der Waals surface area (Å²) in [7, 11) is 3.07. The molecule has 0 radical (unpaired) electrons. The maximum Gasteiger partial charge on any atom is 0.332 e. The van der Waals surface area contributed by atoms with Gasteiger partial charge in [0, 0.05) is 18.4 Å². The first kappa shape index (κ1) is 20.0. The Kier molecular flexibility index (Phi) is 4.58. The minimum Gasteiger partial charge on any atom is -0.495 e. The van der Waals surface area contributed by atoms with Crippen molar-refractivity contribution in [3.63, 3.8) is 0 Å². The minimum atomic E-state index is -0.586. The second kappa shape index (κ2) is 6.88. The smallest absolute Gasteiger partial charge is 0.332 e. The molecule has 4 aromatic rings. The van der Waals surface area contributed by atoms with Gasteiger partial charge in [0.2, 0.25) is 5.78 Å². The fourth-order valence-electron chi connectivity index (χ4n) is 3.72. The van der Waals surface area contributed by atoms with Gasteiger partial charge in [-0.25, -0.2) is 4.79 Å². The molecule has 1 aromatic carbocycles. The zero-order valence-corrected chi connectivity index (χ0v) is 17.9. The molecule has 0 N–H and O–H groups in total. The molecule has 0 atom stereocenters. The molecule has 10 heteroatoms. The molecule has 3 heterocycles. The van der Waals surface area contributed by atoms with Crippen molar-refractivity contribution in [3.8, 4) is 11.4 Å². The Hall–Kier alpha value is -3.33. The Morgan fingerprint density at radius 2 is 1.90 bits per heavy atom. The van der Waals surface area contributed by atoms with Crippen LogP contribution in [0.4, 0.5) is 0 Å². The Morgan fingerprint density at radius 1 is 1.20 bits per heavy atom. The first-order valence-corrected chi connectivity index (χ1v) is 9.58. The van der Waals surface area contributed by atoms with Crippen LogP contribution in [0.2, 0.25) is 5.02 Å². The van der Waals surface area contributed by atoms with Crippen molar-refractivity contribution >= 4 is 34.3 Å². The lowest BCUT2D eigenvalue weighted by molar-refractivity contribution is -0.117. The van der Waals surface area contributed by atoms with E-state index in [1.54, 1.807) is 16.5 Å². The highest BCUT2D eigenvalue weighted by Crippen LogP contribution is 2.30. The number of rotatable bonds is 4. The van der Waals surface area contributed by atoms with Crippen LogP contribution in [0, 0.1) is 13.8 Å². The topological polar surface area (TPSA) is 92.5 Å². The van der Waals surface area contributed by atoms with Crippen LogP contribution in [0.5, 0.6) is 5.75 Å². The van der Waals surface area contributed by atoms with Crippen molar-refractivity contribution in [2.75, 3.05) is 7.11 Å². The molecule has 0 aliphatic carbocycles. The second-order valence-corrected chi connectivity index (χ2v) is 7.59. The normalized spacial score (nSPS) is 11.5. The first-order chi connectivity index (χ1) is 14.2. The van der Waals surface area contributed by atoms with Crippen LogP contribution < -0.4 is 16.0 Å². The third kappa shape index (κ3) is 2.69. The summed E-state index contributed by atoms with van der Waals surface area (Å²) in [6, 6.07) is 5.34. The Balaban J connectivity index is 2.14. The average Bonchev–Trinajstić information content (AvgIpc) is 3.19. The van der Waals surface area contributed by atoms with Crippen molar-refractivity contribution in [2.24, 2.45) is 7.05 Å². The first-order valence-electron chi connectivity index (χ1n) is 9.20. The average molecular weight is 430 g/mol. The van der Waals surface area contributed by atoms with Crippen LogP contribution in [0.1, 0.15) is 18.3 Å². The van der Waals surface area contributed by atoms with E-state index in [9.17, 15) is 14.4 Å². The van der Waals surface area contributed by atoms with Crippen molar-refractivity contribution in [2.45, 2.75) is 27.3 Å². The number of carbonyl (C=O) groups is 1. The molecule has 0 bridgehead atoms. The lowest BCUT2D eigenvalue weighted by atomic mass is 10.2. The van der Waals surface area contributed by atoms with E-state index < -0.39 is 11.2 Å². The molecule has 0 unspecified atom stereocenters. The summed E-state index contributed by atoms with van der Waals surface area (Å²) in [5.74, 6) is 0.725. The van der Waals surface area contributed by atoms with Crippen molar-refractivity contribution < 1.29 is 9.53 Å². The second-order valence-electron chi connectivity index (χ2n) is 7.18. The van der Waals surface area contributed by atoms with Crippen LogP contribution >= 0.6 is 11.6 Å². The van der Waals surface area contributed by atoms with Gasteiger partial charge in [-0.15, -0.1) is 0 Å². The van der Waals surface area contributed by atoms with E-state index in [2.05, 4.69) is 4.98 Å². The molecule has 0 saturated heterocycles. The third-order valence-electron chi connectivity index (χ3n) is 5.29. The molecule has 0 amide bonds. The van der Waals surface area contributed by atoms with Crippen molar-refractivity contribution in [3.05, 3.63) is 55.4 Å². The predicted octanol–water partition coefficient (Wildman–Crippen LogP) is 2.01. The number of methoxy groups -OCH3 is 1. The fraction of sp³-hybridized carbons (Fsp3) is 0.300. The van der Waals surface area contributed by atoms with Gasteiger partial charge in [-0.1, -0.05) is 11.6 Å². The SMILES string of the molecule is COc1ccc(-n2c(C)c(C)n3c4c(=O)n(CC(C)=O)c(=O)n(C)c4nc23)cc1Cl. The summed E-state index contributed by atoms with van der Waals surface area (Å²) in [4.78, 5) is 42.0. The van der Waals surface area contributed by atoms with Gasteiger partial charge in [0.1, 0.15) is 11.5 Å². The lowest BCUT2D eigenvalue weighted by Crippen LogP contribution is -2.40. The van der Waals surface area contributed by atoms with E-state index in [0.717, 1.165) is 21.6 Å². The van der Waals surface area contributed by atoms with E-state index in [-0.39, 0.29) is 23.5 Å². The molecule has 0 saturated carbocycles. The highest BCUT2D eigenvalue weighted by atomic mass is 35.5. The van der Waals surface area contributed by atoms with E-state index in [4.69, 9.17) is 16.3 Å². The fourth-order valence-corrected chi connectivity index (χ4v) is 3.97. The van der Waals surface area contributed by atoms with Gasteiger partial charge >= 0.3 is 5.69 Å². The highest BCUT2D eigenvalue weighted by molar-refractivity contribution is 6.32. The molecule has 3 aromatic heterocycles. The number of nitrogens with zero attached hydrogens (tertiary/aromatic N) is 5. The number of fused-ring (bicyclic) bond motifs is 3. The summed E-state index contributed by atoms with van der Waals surface area (Å²) < 4.78 is 11.0. The maximum absolute atomic E-state index is 13.1. The summed E-state index contributed by atoms with van der Waals surface area (Å²) in [5, 5.41) is 0.436. The molecule has 156 valence electrons. The molecule has 30 heavy (non-hydrogen) atoms. The zero-order valence-electron chi connectivity index (χ0n) is 17.2. The van der Waals surface area contributed by atoms with Gasteiger partial charge in [0.05, 0.1) is 24.4 Å². The number of imidazole rings is 2. The standard InChI is InChI=1S/C20H20ClN5O4/c1-10(27)9-24-18(28)16-17(23(4)20(24)29)22-19-25(11(2)12(3)26(16)19)13-6-7-15(30-5)14(21)8-13/h6-8H,9H2,1-5H3. The number of aromatic nitrogens is 5. The van der Waals surface area contributed by atoms with Gasteiger partial charge in [-0.3, -0.25) is 27.7 Å². The number of benzene rings is 1. The summed E-state index contributed by atoms with van der Waals surface area (Å²) >= 11 is 6.31. The van der Waals surface area contributed by atoms with Gasteiger partial charge in [0.15, 0.2) is 11.2 Å². The Labute approximate surface area is 175 Å². The zero-order chi connectivity index (χ0) is 21.9. The van der Waals surface area contributed by atoms with Crippen molar-refractivity contribution in [1.29, 1.82) is 0 Å². The summed E-state index contributed by atoms with van der Waals surface area (Å²) in [5.41, 5.74) is 1.72. The molecule has 0 aliphatic rings. The van der Waals surface area contributed by atoms with Gasteiger partial charge < -0.3 is 4.74 Å². The third-order valence-corrected chi connectivity index (χ3v) is 5.59. The number of aryl methyl sites for hydroxylation is 2. The van der Waals surface area contributed by atoms with Crippen LogP contribution in [0.25, 0.3) is 22.6 Å². The molecular weight excluding hydrogens is 410 g/mol. The molecular formula is C20H20ClN5O4. The lowest BCUT2D eigenvalue weighted by Gasteiger charge is -2.09. The predicted molar refractivity (Wildman–Crippen MR) is 113 cm³/mol. The van der Waals surface area contributed by atoms with E-state index in [0.29, 0.717) is 16.5 Å². The number of ether oxygens (including phenoxy) is 1. The van der Waals surface area contributed by atoms with Crippen molar-refractivity contribution in [1.82, 2.24) is 23.1 Å².